The van der Waals surface area contributed by atoms with E-state index in [-0.39, 0.29) is 6.10 Å². The van der Waals surface area contributed by atoms with Crippen LogP contribution in [0.2, 0.25) is 0 Å². The van der Waals surface area contributed by atoms with Gasteiger partial charge in [-0.25, -0.2) is 0 Å². The highest BCUT2D eigenvalue weighted by atomic mass is 16.5. The Hall–Kier alpha value is -1.59. The number of ether oxygens (including phenoxy) is 1. The number of hydrogen-bond acceptors (Lipinski definition) is 6. The third kappa shape index (κ3) is 3.95. The fourth-order valence-corrected chi connectivity index (χ4v) is 2.47. The largest absolute Gasteiger partial charge is 0.460 e. The fourth-order valence-electron chi connectivity index (χ4n) is 2.47. The third-order valence-corrected chi connectivity index (χ3v) is 3.50. The minimum atomic E-state index is 0.227. The van der Waals surface area contributed by atoms with Crippen LogP contribution in [0.3, 0.4) is 0 Å². The van der Waals surface area contributed by atoms with Crippen molar-refractivity contribution in [1.82, 2.24) is 15.0 Å². The predicted molar refractivity (Wildman–Crippen MR) is 80.4 cm³/mol. The number of anilines is 2. The van der Waals surface area contributed by atoms with Gasteiger partial charge in [0.05, 0.1) is 0 Å². The summed E-state index contributed by atoms with van der Waals surface area (Å²) >= 11 is 0. The lowest BCUT2D eigenvalue weighted by molar-refractivity contribution is 0.118. The summed E-state index contributed by atoms with van der Waals surface area (Å²) in [5, 5.41) is 3.12. The molecule has 2 rings (SSSR count). The van der Waals surface area contributed by atoms with Gasteiger partial charge in [0.2, 0.25) is 11.9 Å². The van der Waals surface area contributed by atoms with Gasteiger partial charge in [0, 0.05) is 20.6 Å². The van der Waals surface area contributed by atoms with Crippen molar-refractivity contribution < 1.29 is 4.74 Å². The summed E-state index contributed by atoms with van der Waals surface area (Å²) in [6, 6.07) is 0.429. The summed E-state index contributed by atoms with van der Waals surface area (Å²) in [7, 11) is 3.83. The van der Waals surface area contributed by atoms with E-state index in [0.717, 1.165) is 25.3 Å². The Labute approximate surface area is 121 Å². The third-order valence-electron chi connectivity index (χ3n) is 3.50. The number of rotatable bonds is 5. The van der Waals surface area contributed by atoms with Gasteiger partial charge in [0.15, 0.2) is 0 Å². The molecule has 1 aromatic rings. The fraction of sp³-hybridized carbons (Fsp3) is 0.786. The first-order valence-electron chi connectivity index (χ1n) is 7.42. The topological polar surface area (TPSA) is 63.2 Å². The van der Waals surface area contributed by atoms with E-state index >= 15 is 0 Å². The minimum Gasteiger partial charge on any atom is -0.460 e. The molecule has 1 aliphatic rings. The standard InChI is InChI=1S/C14H25N5O/c1-5-15-12-16-13(19(3)4)18-14(17-12)20-11-8-6-7-10(2)9-11/h10-11H,5-9H2,1-4H3,(H,15,16,17,18). The average molecular weight is 279 g/mol. The Morgan fingerprint density at radius 3 is 2.70 bits per heavy atom. The first kappa shape index (κ1) is 14.8. The lowest BCUT2D eigenvalue weighted by Gasteiger charge is -2.26. The van der Waals surface area contributed by atoms with Crippen molar-refractivity contribution in [3.8, 4) is 6.01 Å². The van der Waals surface area contributed by atoms with Gasteiger partial charge in [-0.05, 0) is 32.1 Å². The molecule has 0 radical (unpaired) electrons. The molecule has 0 aromatic carbocycles. The molecule has 1 aliphatic carbocycles. The number of nitrogens with one attached hydrogen (secondary N) is 1. The van der Waals surface area contributed by atoms with Crippen LogP contribution in [0.25, 0.3) is 0 Å². The van der Waals surface area contributed by atoms with Gasteiger partial charge in [-0.1, -0.05) is 13.3 Å². The Bertz CT molecular complexity index is 438. The van der Waals surface area contributed by atoms with Gasteiger partial charge < -0.3 is 15.0 Å². The van der Waals surface area contributed by atoms with Crippen molar-refractivity contribution in [1.29, 1.82) is 0 Å². The van der Waals surface area contributed by atoms with Crippen LogP contribution in [0.4, 0.5) is 11.9 Å². The molecule has 0 saturated heterocycles. The second-order valence-electron chi connectivity index (χ2n) is 5.68. The monoisotopic (exact) mass is 279 g/mol. The maximum absolute atomic E-state index is 5.97. The summed E-state index contributed by atoms with van der Waals surface area (Å²) in [6.45, 7) is 5.07. The van der Waals surface area contributed by atoms with Gasteiger partial charge >= 0.3 is 6.01 Å². The molecule has 0 aliphatic heterocycles. The Morgan fingerprint density at radius 2 is 2.05 bits per heavy atom. The molecule has 1 aromatic heterocycles. The summed E-state index contributed by atoms with van der Waals surface area (Å²) in [5.41, 5.74) is 0. The second kappa shape index (κ2) is 6.72. The normalized spacial score (nSPS) is 22.4. The molecule has 0 amide bonds. The van der Waals surface area contributed by atoms with Crippen LogP contribution in [0.5, 0.6) is 6.01 Å². The molecule has 1 N–H and O–H groups in total. The molecule has 0 spiro atoms. The first-order chi connectivity index (χ1) is 9.58. The lowest BCUT2D eigenvalue weighted by Crippen LogP contribution is -2.25. The molecule has 6 heteroatoms. The van der Waals surface area contributed by atoms with Crippen molar-refractivity contribution in [3.05, 3.63) is 0 Å². The van der Waals surface area contributed by atoms with Crippen LogP contribution in [0, 0.1) is 5.92 Å². The Kier molecular flexibility index (Phi) is 4.98. The van der Waals surface area contributed by atoms with Crippen molar-refractivity contribution in [2.75, 3.05) is 30.9 Å². The van der Waals surface area contributed by atoms with Gasteiger partial charge in [0.25, 0.3) is 0 Å². The second-order valence-corrected chi connectivity index (χ2v) is 5.68. The van der Waals surface area contributed by atoms with E-state index < -0.39 is 0 Å². The summed E-state index contributed by atoms with van der Waals surface area (Å²) in [5.74, 6) is 1.91. The summed E-state index contributed by atoms with van der Waals surface area (Å²) in [6.07, 6.45) is 4.91. The van der Waals surface area contributed by atoms with E-state index in [0.29, 0.717) is 17.9 Å². The molecule has 2 unspecified atom stereocenters. The van der Waals surface area contributed by atoms with E-state index in [4.69, 9.17) is 4.74 Å². The zero-order valence-electron chi connectivity index (χ0n) is 12.9. The zero-order chi connectivity index (χ0) is 14.5. The Balaban J connectivity index is 2.12. The number of aromatic nitrogens is 3. The van der Waals surface area contributed by atoms with Gasteiger partial charge in [0.1, 0.15) is 6.10 Å². The maximum Gasteiger partial charge on any atom is 0.323 e. The smallest absolute Gasteiger partial charge is 0.323 e. The van der Waals surface area contributed by atoms with E-state index in [1.807, 2.05) is 25.9 Å². The molecule has 0 bridgehead atoms. The highest BCUT2D eigenvalue weighted by Crippen LogP contribution is 2.26. The van der Waals surface area contributed by atoms with Crippen molar-refractivity contribution in [3.63, 3.8) is 0 Å². The average Bonchev–Trinajstić information content (AvgIpc) is 2.38. The van der Waals surface area contributed by atoms with Crippen LogP contribution >= 0.6 is 0 Å². The molecule has 112 valence electrons. The molecular formula is C14H25N5O. The van der Waals surface area contributed by atoms with E-state index in [9.17, 15) is 0 Å². The van der Waals surface area contributed by atoms with Gasteiger partial charge in [-0.15, -0.1) is 0 Å². The highest BCUT2D eigenvalue weighted by Gasteiger charge is 2.22. The SMILES string of the molecule is CCNc1nc(OC2CCCC(C)C2)nc(N(C)C)n1. The van der Waals surface area contributed by atoms with E-state index in [1.54, 1.807) is 0 Å². The highest BCUT2D eigenvalue weighted by molar-refractivity contribution is 5.36. The minimum absolute atomic E-state index is 0.227. The van der Waals surface area contributed by atoms with Crippen molar-refractivity contribution >= 4 is 11.9 Å². The van der Waals surface area contributed by atoms with Crippen LogP contribution in [0.15, 0.2) is 0 Å². The Morgan fingerprint density at radius 1 is 1.25 bits per heavy atom. The molecular weight excluding hydrogens is 254 g/mol. The van der Waals surface area contributed by atoms with E-state index in [2.05, 4.69) is 27.2 Å². The van der Waals surface area contributed by atoms with Gasteiger partial charge in [-0.3, -0.25) is 0 Å². The van der Waals surface area contributed by atoms with E-state index in [1.165, 1.54) is 12.8 Å². The molecule has 1 saturated carbocycles. The van der Waals surface area contributed by atoms with Crippen LogP contribution in [0.1, 0.15) is 39.5 Å². The predicted octanol–water partition coefficient (Wildman–Crippen LogP) is 2.33. The van der Waals surface area contributed by atoms with Crippen LogP contribution in [-0.2, 0) is 0 Å². The van der Waals surface area contributed by atoms with Crippen LogP contribution < -0.4 is 15.0 Å². The quantitative estimate of drug-likeness (QED) is 0.892. The maximum atomic E-state index is 5.97. The van der Waals surface area contributed by atoms with Gasteiger partial charge in [-0.2, -0.15) is 15.0 Å². The molecule has 2 atom stereocenters. The zero-order valence-corrected chi connectivity index (χ0v) is 12.9. The van der Waals surface area contributed by atoms with Crippen LogP contribution in [-0.4, -0.2) is 41.7 Å². The molecule has 1 heterocycles. The molecule has 20 heavy (non-hydrogen) atoms. The number of nitrogens with zero attached hydrogens (tertiary/aromatic N) is 4. The molecule has 6 nitrogen and oxygen atoms in total. The lowest BCUT2D eigenvalue weighted by atomic mass is 9.89. The van der Waals surface area contributed by atoms with Crippen molar-refractivity contribution in [2.45, 2.75) is 45.6 Å². The number of hydrogen-bond donors (Lipinski definition) is 1. The molecule has 1 fully saturated rings. The first-order valence-corrected chi connectivity index (χ1v) is 7.42. The summed E-state index contributed by atoms with van der Waals surface area (Å²) < 4.78 is 5.97. The summed E-state index contributed by atoms with van der Waals surface area (Å²) in [4.78, 5) is 14.9. The van der Waals surface area contributed by atoms with Crippen molar-refractivity contribution in [2.24, 2.45) is 5.92 Å².